The van der Waals surface area contributed by atoms with Crippen LogP contribution in [0.15, 0.2) is 18.2 Å². The van der Waals surface area contributed by atoms with Crippen LogP contribution < -0.4 is 0 Å². The highest BCUT2D eigenvalue weighted by Gasteiger charge is 2.24. The number of halogens is 6. The fraction of sp³-hybridized carbons (Fsp3) is 0.400. The maximum Gasteiger partial charge on any atom is 0.128 e. The second-order valence-electron chi connectivity index (χ2n) is 3.10. The van der Waals surface area contributed by atoms with Crippen molar-refractivity contribution in [3.05, 3.63) is 34.3 Å². The standard InChI is InChI=1S/C10H8Cl6/c11-4-7(13)5-2-1-3-6(12)8(5)9(14)10(15)16/h1-3,7,9-10H,4H2. The molecule has 6 heteroatoms. The van der Waals surface area contributed by atoms with Crippen LogP contribution in [0.3, 0.4) is 0 Å². The van der Waals surface area contributed by atoms with Crippen molar-refractivity contribution in [2.45, 2.75) is 15.6 Å². The maximum atomic E-state index is 6.10. The van der Waals surface area contributed by atoms with E-state index in [-0.39, 0.29) is 11.3 Å². The average Bonchev–Trinajstić information content (AvgIpc) is 2.26. The highest BCUT2D eigenvalue weighted by atomic mass is 35.5. The van der Waals surface area contributed by atoms with Gasteiger partial charge in [0.25, 0.3) is 0 Å². The van der Waals surface area contributed by atoms with Crippen LogP contribution in [0.25, 0.3) is 0 Å². The van der Waals surface area contributed by atoms with Gasteiger partial charge in [-0.15, -0.1) is 58.0 Å². The van der Waals surface area contributed by atoms with Crippen LogP contribution in [0.4, 0.5) is 0 Å². The lowest BCUT2D eigenvalue weighted by atomic mass is 10.0. The SMILES string of the molecule is ClCC(Cl)c1cccc(Cl)c1C(Cl)C(Cl)Cl. The summed E-state index contributed by atoms with van der Waals surface area (Å²) in [5.74, 6) is 0.258. The van der Waals surface area contributed by atoms with Gasteiger partial charge >= 0.3 is 0 Å². The van der Waals surface area contributed by atoms with Crippen LogP contribution in [-0.4, -0.2) is 10.7 Å². The largest absolute Gasteiger partial charge is 0.128 e. The Morgan fingerprint density at radius 3 is 2.19 bits per heavy atom. The van der Waals surface area contributed by atoms with E-state index in [0.29, 0.717) is 10.6 Å². The molecule has 0 bridgehead atoms. The van der Waals surface area contributed by atoms with Gasteiger partial charge in [-0.3, -0.25) is 0 Å². The maximum absolute atomic E-state index is 6.10. The van der Waals surface area contributed by atoms with Crippen LogP contribution in [0.5, 0.6) is 0 Å². The van der Waals surface area contributed by atoms with Gasteiger partial charge < -0.3 is 0 Å². The molecule has 0 saturated carbocycles. The molecular weight excluding hydrogens is 333 g/mol. The minimum Gasteiger partial charge on any atom is -0.125 e. The van der Waals surface area contributed by atoms with Crippen LogP contribution in [-0.2, 0) is 0 Å². The van der Waals surface area contributed by atoms with Crippen molar-refractivity contribution in [2.24, 2.45) is 0 Å². The minimum absolute atomic E-state index is 0.258. The van der Waals surface area contributed by atoms with E-state index in [1.54, 1.807) is 12.1 Å². The third-order valence-corrected chi connectivity index (χ3v) is 4.47. The first-order valence-electron chi connectivity index (χ1n) is 4.39. The molecule has 0 aliphatic carbocycles. The van der Waals surface area contributed by atoms with Gasteiger partial charge in [-0.1, -0.05) is 23.7 Å². The Kier molecular flexibility index (Phi) is 6.36. The summed E-state index contributed by atoms with van der Waals surface area (Å²) in [6, 6.07) is 5.31. The Labute approximate surface area is 125 Å². The number of hydrogen-bond donors (Lipinski definition) is 0. The van der Waals surface area contributed by atoms with Crippen molar-refractivity contribution in [3.8, 4) is 0 Å². The molecule has 0 fully saturated rings. The van der Waals surface area contributed by atoms with Gasteiger partial charge in [-0.05, 0) is 17.2 Å². The molecule has 16 heavy (non-hydrogen) atoms. The van der Waals surface area contributed by atoms with Crippen molar-refractivity contribution < 1.29 is 0 Å². The fourth-order valence-electron chi connectivity index (χ4n) is 1.33. The molecule has 0 amide bonds. The first kappa shape index (κ1) is 15.0. The van der Waals surface area contributed by atoms with Gasteiger partial charge in [-0.25, -0.2) is 0 Å². The van der Waals surface area contributed by atoms with Crippen LogP contribution in [0, 0.1) is 0 Å². The molecule has 0 radical (unpaired) electrons. The molecule has 1 aromatic carbocycles. The monoisotopic (exact) mass is 338 g/mol. The van der Waals surface area contributed by atoms with E-state index in [2.05, 4.69) is 0 Å². The summed E-state index contributed by atoms with van der Waals surface area (Å²) in [7, 11) is 0. The first-order valence-corrected chi connectivity index (χ1v) is 7.05. The Morgan fingerprint density at radius 1 is 1.06 bits per heavy atom. The Bertz CT molecular complexity index is 351. The van der Waals surface area contributed by atoms with Crippen LogP contribution in [0.2, 0.25) is 5.02 Å². The second-order valence-corrected chi connectivity index (χ2v) is 5.98. The molecule has 0 saturated heterocycles. The lowest BCUT2D eigenvalue weighted by molar-refractivity contribution is 0.967. The smallest absolute Gasteiger partial charge is 0.125 e. The highest BCUT2D eigenvalue weighted by Crippen LogP contribution is 2.40. The molecule has 0 N–H and O–H groups in total. The second kappa shape index (κ2) is 6.78. The van der Waals surface area contributed by atoms with Crippen molar-refractivity contribution in [1.82, 2.24) is 0 Å². The van der Waals surface area contributed by atoms with E-state index in [1.165, 1.54) is 0 Å². The van der Waals surface area contributed by atoms with Crippen molar-refractivity contribution in [1.29, 1.82) is 0 Å². The molecule has 0 aliphatic heterocycles. The van der Waals surface area contributed by atoms with Gasteiger partial charge in [0.2, 0.25) is 0 Å². The zero-order valence-corrected chi connectivity index (χ0v) is 12.5. The van der Waals surface area contributed by atoms with Gasteiger partial charge in [0, 0.05) is 10.9 Å². The normalized spacial score (nSPS) is 15.2. The zero-order chi connectivity index (χ0) is 12.3. The third-order valence-electron chi connectivity index (χ3n) is 2.06. The summed E-state index contributed by atoms with van der Waals surface area (Å²) in [6.45, 7) is 0. The van der Waals surface area contributed by atoms with Gasteiger partial charge in [0.05, 0.1) is 10.8 Å². The van der Waals surface area contributed by atoms with E-state index >= 15 is 0 Å². The molecule has 0 heterocycles. The third kappa shape index (κ3) is 3.48. The van der Waals surface area contributed by atoms with Crippen LogP contribution in [0.1, 0.15) is 21.9 Å². The van der Waals surface area contributed by atoms with E-state index in [0.717, 1.165) is 5.56 Å². The molecule has 1 rings (SSSR count). The molecule has 0 spiro atoms. The lowest BCUT2D eigenvalue weighted by Gasteiger charge is -2.19. The molecular formula is C10H8Cl6. The number of rotatable bonds is 4. The van der Waals surface area contributed by atoms with Gasteiger partial charge in [0.15, 0.2) is 0 Å². The number of alkyl halides is 5. The number of benzene rings is 1. The first-order chi connectivity index (χ1) is 7.49. The Balaban J connectivity index is 3.23. The predicted molar refractivity (Wildman–Crippen MR) is 74.9 cm³/mol. The molecule has 1 aromatic rings. The van der Waals surface area contributed by atoms with Gasteiger partial charge in [0.1, 0.15) is 4.84 Å². The quantitative estimate of drug-likeness (QED) is 0.595. The van der Waals surface area contributed by atoms with Crippen molar-refractivity contribution >= 4 is 69.6 Å². The van der Waals surface area contributed by atoms with E-state index in [4.69, 9.17) is 69.6 Å². The summed E-state index contributed by atoms with van der Waals surface area (Å²) >= 11 is 35.5. The van der Waals surface area contributed by atoms with E-state index in [1.807, 2.05) is 6.07 Å². The Morgan fingerprint density at radius 2 is 1.69 bits per heavy atom. The summed E-state index contributed by atoms with van der Waals surface area (Å²) < 4.78 is 0. The van der Waals surface area contributed by atoms with E-state index < -0.39 is 10.2 Å². The van der Waals surface area contributed by atoms with E-state index in [9.17, 15) is 0 Å². The summed E-state index contributed by atoms with van der Waals surface area (Å²) in [5, 5.41) is -0.500. The predicted octanol–water partition coefficient (Wildman–Crippen LogP) is 5.94. The molecule has 0 nitrogen and oxygen atoms in total. The highest BCUT2D eigenvalue weighted by molar-refractivity contribution is 6.48. The summed E-state index contributed by atoms with van der Waals surface area (Å²) in [5.41, 5.74) is 1.40. The Hall–Kier alpha value is 0.960. The number of hydrogen-bond acceptors (Lipinski definition) is 0. The van der Waals surface area contributed by atoms with Crippen molar-refractivity contribution in [2.75, 3.05) is 5.88 Å². The lowest BCUT2D eigenvalue weighted by Crippen LogP contribution is -2.07. The fourth-order valence-corrected chi connectivity index (χ4v) is 2.53. The molecule has 0 aliphatic rings. The molecule has 2 atom stereocenters. The zero-order valence-electron chi connectivity index (χ0n) is 7.94. The molecule has 90 valence electrons. The molecule has 0 aromatic heterocycles. The molecule has 2 unspecified atom stereocenters. The minimum atomic E-state index is -0.764. The summed E-state index contributed by atoms with van der Waals surface area (Å²) in [6.07, 6.45) is 0. The van der Waals surface area contributed by atoms with Crippen molar-refractivity contribution in [3.63, 3.8) is 0 Å². The van der Waals surface area contributed by atoms with Gasteiger partial charge in [-0.2, -0.15) is 0 Å². The average molecular weight is 341 g/mol. The summed E-state index contributed by atoms with van der Waals surface area (Å²) in [4.78, 5) is -0.764. The van der Waals surface area contributed by atoms with Crippen LogP contribution >= 0.6 is 69.6 Å². The topological polar surface area (TPSA) is 0 Å².